The molecule has 2 aromatic rings. The lowest BCUT2D eigenvalue weighted by atomic mass is 9.94. The first kappa shape index (κ1) is 15.5. The van der Waals surface area contributed by atoms with Crippen LogP contribution in [0.3, 0.4) is 0 Å². The third-order valence-electron chi connectivity index (χ3n) is 4.04. The molecule has 1 aromatic heterocycles. The van der Waals surface area contributed by atoms with Crippen LogP contribution in [0, 0.1) is 5.92 Å². The van der Waals surface area contributed by atoms with Crippen LogP contribution in [0.5, 0.6) is 0 Å². The van der Waals surface area contributed by atoms with Crippen molar-refractivity contribution >= 4 is 29.1 Å². The lowest BCUT2D eigenvalue weighted by Gasteiger charge is -2.24. The summed E-state index contributed by atoms with van der Waals surface area (Å²) in [5, 5.41) is 3.39. The number of amides is 2. The molecule has 1 saturated heterocycles. The summed E-state index contributed by atoms with van der Waals surface area (Å²) < 4.78 is 0. The Balaban J connectivity index is 1.84. The lowest BCUT2D eigenvalue weighted by molar-refractivity contribution is -0.127. The molecule has 1 aliphatic rings. The van der Waals surface area contributed by atoms with Crippen molar-refractivity contribution in [2.75, 3.05) is 12.4 Å². The van der Waals surface area contributed by atoms with Gasteiger partial charge in [-0.05, 0) is 29.8 Å². The number of anilines is 1. The van der Waals surface area contributed by atoms with Gasteiger partial charge in [-0.1, -0.05) is 23.7 Å². The lowest BCUT2D eigenvalue weighted by Crippen LogP contribution is -2.30. The van der Waals surface area contributed by atoms with Gasteiger partial charge >= 0.3 is 0 Å². The number of carbonyl (C=O) groups is 2. The first-order chi connectivity index (χ1) is 11.1. The highest BCUT2D eigenvalue weighted by molar-refractivity contribution is 6.30. The number of carbonyl (C=O) groups excluding carboxylic acids is 2. The molecule has 0 bridgehead atoms. The van der Waals surface area contributed by atoms with E-state index in [-0.39, 0.29) is 24.3 Å². The Hall–Kier alpha value is -2.40. The van der Waals surface area contributed by atoms with Crippen LogP contribution >= 0.6 is 11.6 Å². The van der Waals surface area contributed by atoms with Gasteiger partial charge in [0.2, 0.25) is 11.8 Å². The predicted molar refractivity (Wildman–Crippen MR) is 87.9 cm³/mol. The van der Waals surface area contributed by atoms with Crippen molar-refractivity contribution in [2.45, 2.75) is 12.5 Å². The summed E-state index contributed by atoms with van der Waals surface area (Å²) >= 11 is 5.94. The number of nitrogens with zero attached hydrogens (tertiary/aromatic N) is 2. The maximum atomic E-state index is 12.6. The molecule has 0 radical (unpaired) electrons. The third-order valence-corrected chi connectivity index (χ3v) is 4.28. The second kappa shape index (κ2) is 6.38. The van der Waals surface area contributed by atoms with E-state index in [4.69, 9.17) is 11.6 Å². The number of pyridine rings is 1. The average molecular weight is 330 g/mol. The van der Waals surface area contributed by atoms with Crippen LogP contribution in [0.2, 0.25) is 5.02 Å². The fourth-order valence-electron chi connectivity index (χ4n) is 2.91. The molecule has 2 unspecified atom stereocenters. The smallest absolute Gasteiger partial charge is 0.230 e. The van der Waals surface area contributed by atoms with Gasteiger partial charge in [-0.25, -0.2) is 0 Å². The van der Waals surface area contributed by atoms with Crippen LogP contribution < -0.4 is 5.32 Å². The third kappa shape index (κ3) is 3.19. The number of halogens is 1. The highest BCUT2D eigenvalue weighted by atomic mass is 35.5. The molecule has 0 spiro atoms. The zero-order valence-corrected chi connectivity index (χ0v) is 13.3. The number of aromatic nitrogens is 1. The number of hydrogen-bond donors (Lipinski definition) is 1. The molecule has 23 heavy (non-hydrogen) atoms. The Labute approximate surface area is 139 Å². The molecule has 1 aliphatic heterocycles. The van der Waals surface area contributed by atoms with E-state index >= 15 is 0 Å². The minimum absolute atomic E-state index is 0.0508. The average Bonchev–Trinajstić information content (AvgIpc) is 2.84. The van der Waals surface area contributed by atoms with Gasteiger partial charge in [-0.3, -0.25) is 14.6 Å². The maximum Gasteiger partial charge on any atom is 0.230 e. The van der Waals surface area contributed by atoms with Crippen LogP contribution in [0.25, 0.3) is 0 Å². The minimum atomic E-state index is -0.462. The van der Waals surface area contributed by atoms with E-state index in [1.807, 2.05) is 6.07 Å². The summed E-state index contributed by atoms with van der Waals surface area (Å²) in [5.74, 6) is -0.709. The van der Waals surface area contributed by atoms with Gasteiger partial charge < -0.3 is 10.2 Å². The standard InChI is InChI=1S/C17H16ClN3O2/c1-21-15(22)9-14(16(21)11-4-3-7-19-10-11)17(23)20-13-6-2-5-12(18)8-13/h2-8,10,14,16H,9H2,1H3,(H,20,23). The zero-order chi connectivity index (χ0) is 16.4. The van der Waals surface area contributed by atoms with E-state index in [9.17, 15) is 9.59 Å². The summed E-state index contributed by atoms with van der Waals surface area (Å²) in [6, 6.07) is 10.3. The zero-order valence-electron chi connectivity index (χ0n) is 12.6. The summed E-state index contributed by atoms with van der Waals surface area (Å²) in [6.07, 6.45) is 3.54. The molecule has 3 rings (SSSR count). The van der Waals surface area contributed by atoms with Gasteiger partial charge in [0.1, 0.15) is 0 Å². The van der Waals surface area contributed by atoms with E-state index in [1.165, 1.54) is 0 Å². The highest BCUT2D eigenvalue weighted by Crippen LogP contribution is 2.37. The van der Waals surface area contributed by atoms with E-state index in [0.717, 1.165) is 5.56 Å². The van der Waals surface area contributed by atoms with Gasteiger partial charge in [0.15, 0.2) is 0 Å². The molecule has 0 saturated carbocycles. The number of nitrogens with one attached hydrogen (secondary N) is 1. The molecular formula is C17H16ClN3O2. The fourth-order valence-corrected chi connectivity index (χ4v) is 3.10. The Morgan fingerprint density at radius 1 is 1.35 bits per heavy atom. The first-order valence-electron chi connectivity index (χ1n) is 7.28. The molecule has 2 amide bonds. The number of benzene rings is 1. The first-order valence-corrected chi connectivity index (χ1v) is 7.66. The summed E-state index contributed by atoms with van der Waals surface area (Å²) in [4.78, 5) is 30.4. The van der Waals surface area contributed by atoms with E-state index in [2.05, 4.69) is 10.3 Å². The maximum absolute atomic E-state index is 12.6. The molecular weight excluding hydrogens is 314 g/mol. The van der Waals surface area contributed by atoms with E-state index in [1.54, 1.807) is 54.7 Å². The number of hydrogen-bond acceptors (Lipinski definition) is 3. The van der Waals surface area contributed by atoms with Gasteiger partial charge in [0, 0.05) is 36.6 Å². The Morgan fingerprint density at radius 2 is 2.17 bits per heavy atom. The highest BCUT2D eigenvalue weighted by Gasteiger charge is 2.42. The minimum Gasteiger partial charge on any atom is -0.338 e. The molecule has 1 N–H and O–H groups in total. The van der Waals surface area contributed by atoms with Crippen LogP contribution in [0.15, 0.2) is 48.8 Å². The Morgan fingerprint density at radius 3 is 2.87 bits per heavy atom. The van der Waals surface area contributed by atoms with Crippen molar-refractivity contribution in [2.24, 2.45) is 5.92 Å². The number of likely N-dealkylation sites (tertiary alicyclic amines) is 1. The second-order valence-corrected chi connectivity index (χ2v) is 5.98. The van der Waals surface area contributed by atoms with Crippen molar-refractivity contribution in [3.8, 4) is 0 Å². The largest absolute Gasteiger partial charge is 0.338 e. The van der Waals surface area contributed by atoms with Crippen LogP contribution in [-0.4, -0.2) is 28.7 Å². The predicted octanol–water partition coefficient (Wildman–Crippen LogP) is 2.89. The van der Waals surface area contributed by atoms with Gasteiger partial charge in [0.05, 0.1) is 12.0 Å². The van der Waals surface area contributed by atoms with Crippen molar-refractivity contribution in [1.82, 2.24) is 9.88 Å². The van der Waals surface area contributed by atoms with E-state index in [0.29, 0.717) is 10.7 Å². The fraction of sp³-hybridized carbons (Fsp3) is 0.235. The topological polar surface area (TPSA) is 62.3 Å². The van der Waals surface area contributed by atoms with Crippen molar-refractivity contribution in [1.29, 1.82) is 0 Å². The monoisotopic (exact) mass is 329 g/mol. The summed E-state index contributed by atoms with van der Waals surface area (Å²) in [6.45, 7) is 0. The molecule has 6 heteroatoms. The molecule has 2 atom stereocenters. The molecule has 5 nitrogen and oxygen atoms in total. The Bertz CT molecular complexity index is 736. The van der Waals surface area contributed by atoms with Crippen LogP contribution in [0.4, 0.5) is 5.69 Å². The molecule has 2 heterocycles. The number of rotatable bonds is 3. The molecule has 1 aromatic carbocycles. The van der Waals surface area contributed by atoms with Crippen LogP contribution in [-0.2, 0) is 9.59 Å². The van der Waals surface area contributed by atoms with Gasteiger partial charge in [0.25, 0.3) is 0 Å². The molecule has 0 aliphatic carbocycles. The van der Waals surface area contributed by atoms with Crippen molar-refractivity contribution in [3.05, 3.63) is 59.4 Å². The van der Waals surface area contributed by atoms with Crippen molar-refractivity contribution in [3.63, 3.8) is 0 Å². The molecule has 118 valence electrons. The van der Waals surface area contributed by atoms with Gasteiger partial charge in [-0.2, -0.15) is 0 Å². The summed E-state index contributed by atoms with van der Waals surface area (Å²) in [5.41, 5.74) is 1.47. The Kier molecular flexibility index (Phi) is 4.30. The van der Waals surface area contributed by atoms with Gasteiger partial charge in [-0.15, -0.1) is 0 Å². The van der Waals surface area contributed by atoms with Crippen LogP contribution in [0.1, 0.15) is 18.0 Å². The molecule has 1 fully saturated rings. The second-order valence-electron chi connectivity index (χ2n) is 5.55. The van der Waals surface area contributed by atoms with E-state index < -0.39 is 5.92 Å². The SMILES string of the molecule is CN1C(=O)CC(C(=O)Nc2cccc(Cl)c2)C1c1cccnc1. The summed E-state index contributed by atoms with van der Waals surface area (Å²) in [7, 11) is 1.71. The quantitative estimate of drug-likeness (QED) is 0.941. The van der Waals surface area contributed by atoms with Crippen molar-refractivity contribution < 1.29 is 9.59 Å². The normalized spacial score (nSPS) is 20.6.